The van der Waals surface area contributed by atoms with Gasteiger partial charge in [0.15, 0.2) is 12.4 Å². The summed E-state index contributed by atoms with van der Waals surface area (Å²) < 4.78 is 5.77. The minimum Gasteiger partial charge on any atom is -0.483 e. The van der Waals surface area contributed by atoms with E-state index < -0.39 is 0 Å². The second-order valence-electron chi connectivity index (χ2n) is 8.09. The van der Waals surface area contributed by atoms with Crippen molar-refractivity contribution in [1.82, 2.24) is 10.2 Å². The number of aromatic nitrogens is 2. The summed E-state index contributed by atoms with van der Waals surface area (Å²) in [6.07, 6.45) is 2.41. The van der Waals surface area contributed by atoms with Crippen molar-refractivity contribution in [2.45, 2.75) is 33.6 Å². The average molecular weight is 417 g/mol. The van der Waals surface area contributed by atoms with Crippen LogP contribution in [0, 0.1) is 20.8 Å². The van der Waals surface area contributed by atoms with Crippen LogP contribution in [0.25, 0.3) is 11.3 Å². The Kier molecular flexibility index (Phi) is 6.16. The Balaban J connectivity index is 1.39. The van der Waals surface area contributed by atoms with E-state index in [1.165, 1.54) is 12.8 Å². The quantitative estimate of drug-likeness (QED) is 0.632. The Bertz CT molecular complexity index is 1070. The van der Waals surface area contributed by atoms with E-state index in [0.717, 1.165) is 52.6 Å². The molecule has 4 rings (SSSR count). The summed E-state index contributed by atoms with van der Waals surface area (Å²) in [7, 11) is 0. The van der Waals surface area contributed by atoms with Crippen molar-refractivity contribution in [1.29, 1.82) is 0 Å². The van der Waals surface area contributed by atoms with Crippen LogP contribution in [0.4, 0.5) is 11.5 Å². The van der Waals surface area contributed by atoms with Crippen LogP contribution in [0.2, 0.25) is 0 Å². The van der Waals surface area contributed by atoms with E-state index >= 15 is 0 Å². The van der Waals surface area contributed by atoms with E-state index in [1.807, 2.05) is 63.2 Å². The number of aryl methyl sites for hydroxylation is 2. The monoisotopic (exact) mass is 416 g/mol. The van der Waals surface area contributed by atoms with Gasteiger partial charge in [-0.15, -0.1) is 10.2 Å². The summed E-state index contributed by atoms with van der Waals surface area (Å²) in [6.45, 7) is 8.10. The molecule has 2 aromatic carbocycles. The van der Waals surface area contributed by atoms with E-state index in [2.05, 4.69) is 26.5 Å². The molecule has 1 aromatic heterocycles. The first-order valence-electron chi connectivity index (χ1n) is 10.7. The van der Waals surface area contributed by atoms with Gasteiger partial charge in [0, 0.05) is 24.3 Å². The summed E-state index contributed by atoms with van der Waals surface area (Å²) in [5, 5.41) is 11.7. The van der Waals surface area contributed by atoms with Crippen LogP contribution in [-0.2, 0) is 4.79 Å². The third-order valence-electron chi connectivity index (χ3n) is 5.65. The number of ether oxygens (including phenoxy) is 1. The number of nitrogens with zero attached hydrogens (tertiary/aromatic N) is 3. The highest BCUT2D eigenvalue weighted by atomic mass is 16.5. The molecule has 31 heavy (non-hydrogen) atoms. The number of amides is 1. The lowest BCUT2D eigenvalue weighted by atomic mass is 10.1. The Morgan fingerprint density at radius 2 is 1.84 bits per heavy atom. The van der Waals surface area contributed by atoms with E-state index in [4.69, 9.17) is 4.74 Å². The maximum atomic E-state index is 12.4. The Morgan fingerprint density at radius 3 is 2.58 bits per heavy atom. The number of benzene rings is 2. The molecular formula is C25H28N4O2. The molecule has 1 aliphatic rings. The third kappa shape index (κ3) is 5.02. The van der Waals surface area contributed by atoms with Gasteiger partial charge in [-0.25, -0.2) is 0 Å². The van der Waals surface area contributed by atoms with Gasteiger partial charge >= 0.3 is 0 Å². The lowest BCUT2D eigenvalue weighted by Crippen LogP contribution is -2.20. The second kappa shape index (κ2) is 9.16. The Hall–Kier alpha value is -3.41. The lowest BCUT2D eigenvalue weighted by Gasteiger charge is -2.15. The Labute approximate surface area is 183 Å². The van der Waals surface area contributed by atoms with Crippen molar-refractivity contribution in [3.05, 3.63) is 65.2 Å². The van der Waals surface area contributed by atoms with Gasteiger partial charge in [-0.3, -0.25) is 4.79 Å². The van der Waals surface area contributed by atoms with Crippen LogP contribution >= 0.6 is 0 Å². The number of rotatable bonds is 6. The van der Waals surface area contributed by atoms with Crippen molar-refractivity contribution < 1.29 is 9.53 Å². The molecule has 0 saturated carbocycles. The molecular weight excluding hydrogens is 388 g/mol. The molecule has 1 aliphatic heterocycles. The topological polar surface area (TPSA) is 67.3 Å². The van der Waals surface area contributed by atoms with Gasteiger partial charge < -0.3 is 15.0 Å². The van der Waals surface area contributed by atoms with E-state index in [-0.39, 0.29) is 12.5 Å². The fourth-order valence-electron chi connectivity index (χ4n) is 3.84. The fraction of sp³-hybridized carbons (Fsp3) is 0.320. The zero-order chi connectivity index (χ0) is 21.8. The molecule has 0 atom stereocenters. The van der Waals surface area contributed by atoms with Gasteiger partial charge in [0.1, 0.15) is 5.75 Å². The minimum absolute atomic E-state index is 0.0434. The number of hydrogen-bond acceptors (Lipinski definition) is 5. The van der Waals surface area contributed by atoms with Crippen LogP contribution < -0.4 is 15.0 Å². The van der Waals surface area contributed by atoms with Gasteiger partial charge in [-0.2, -0.15) is 0 Å². The van der Waals surface area contributed by atoms with Gasteiger partial charge in [0.2, 0.25) is 0 Å². The van der Waals surface area contributed by atoms with E-state index in [0.29, 0.717) is 5.69 Å². The molecule has 6 nitrogen and oxygen atoms in total. The summed E-state index contributed by atoms with van der Waals surface area (Å²) >= 11 is 0. The number of hydrogen-bond donors (Lipinski definition) is 1. The van der Waals surface area contributed by atoms with Crippen molar-refractivity contribution >= 4 is 17.4 Å². The van der Waals surface area contributed by atoms with Gasteiger partial charge in [0.25, 0.3) is 5.91 Å². The predicted molar refractivity (Wildman–Crippen MR) is 124 cm³/mol. The normalized spacial score (nSPS) is 13.3. The molecule has 0 aliphatic carbocycles. The maximum absolute atomic E-state index is 12.4. The highest BCUT2D eigenvalue weighted by molar-refractivity contribution is 5.92. The molecule has 1 amide bonds. The highest BCUT2D eigenvalue weighted by Gasteiger charge is 2.14. The molecule has 0 bridgehead atoms. The predicted octanol–water partition coefficient (Wildman–Crippen LogP) is 4.69. The molecule has 0 radical (unpaired) electrons. The molecule has 6 heteroatoms. The SMILES string of the molecule is Cc1cc(C)c(C)c(OCC(=O)Nc2cccc(-c3ccc(N4CCCC4)nn3)c2)c1. The maximum Gasteiger partial charge on any atom is 0.262 e. The molecule has 0 unspecified atom stereocenters. The molecule has 2 heterocycles. The van der Waals surface area contributed by atoms with Crippen molar-refractivity contribution in [2.75, 3.05) is 29.9 Å². The van der Waals surface area contributed by atoms with Crippen LogP contribution in [0.1, 0.15) is 29.5 Å². The summed E-state index contributed by atoms with van der Waals surface area (Å²) in [5.41, 5.74) is 5.71. The van der Waals surface area contributed by atoms with Crippen molar-refractivity contribution in [3.8, 4) is 17.0 Å². The van der Waals surface area contributed by atoms with Gasteiger partial charge in [-0.1, -0.05) is 18.2 Å². The lowest BCUT2D eigenvalue weighted by molar-refractivity contribution is -0.118. The van der Waals surface area contributed by atoms with Gasteiger partial charge in [-0.05, 0) is 80.6 Å². The van der Waals surface area contributed by atoms with Crippen LogP contribution in [-0.4, -0.2) is 35.8 Å². The summed E-state index contributed by atoms with van der Waals surface area (Å²) in [6, 6.07) is 15.7. The average Bonchev–Trinajstić information content (AvgIpc) is 3.30. The van der Waals surface area contributed by atoms with Crippen molar-refractivity contribution in [2.24, 2.45) is 0 Å². The first-order chi connectivity index (χ1) is 15.0. The van der Waals surface area contributed by atoms with E-state index in [1.54, 1.807) is 0 Å². The number of nitrogens with one attached hydrogen (secondary N) is 1. The molecule has 1 N–H and O–H groups in total. The second-order valence-corrected chi connectivity index (χ2v) is 8.09. The van der Waals surface area contributed by atoms with E-state index in [9.17, 15) is 4.79 Å². The molecule has 0 spiro atoms. The minimum atomic E-state index is -0.203. The molecule has 3 aromatic rings. The van der Waals surface area contributed by atoms with Crippen LogP contribution in [0.3, 0.4) is 0 Å². The molecule has 160 valence electrons. The number of carbonyl (C=O) groups excluding carboxylic acids is 1. The summed E-state index contributed by atoms with van der Waals surface area (Å²) in [4.78, 5) is 14.7. The van der Waals surface area contributed by atoms with Crippen LogP contribution in [0.15, 0.2) is 48.5 Å². The first kappa shape index (κ1) is 20.8. The molecule has 1 saturated heterocycles. The zero-order valence-corrected chi connectivity index (χ0v) is 18.3. The number of carbonyl (C=O) groups is 1. The highest BCUT2D eigenvalue weighted by Crippen LogP contribution is 2.25. The zero-order valence-electron chi connectivity index (χ0n) is 18.3. The van der Waals surface area contributed by atoms with Gasteiger partial charge in [0.05, 0.1) is 5.69 Å². The largest absolute Gasteiger partial charge is 0.483 e. The fourth-order valence-corrected chi connectivity index (χ4v) is 3.84. The number of anilines is 2. The first-order valence-corrected chi connectivity index (χ1v) is 10.7. The third-order valence-corrected chi connectivity index (χ3v) is 5.65. The standard InChI is InChI=1S/C25H28N4O2/c1-17-13-18(2)19(3)23(14-17)31-16-25(30)26-21-8-6-7-20(15-21)22-9-10-24(28-27-22)29-11-4-5-12-29/h6-10,13-15H,4-5,11-12,16H2,1-3H3,(H,26,30). The Morgan fingerprint density at radius 1 is 1.03 bits per heavy atom. The summed E-state index contributed by atoms with van der Waals surface area (Å²) in [5.74, 6) is 1.46. The smallest absolute Gasteiger partial charge is 0.262 e. The molecule has 1 fully saturated rings. The van der Waals surface area contributed by atoms with Crippen LogP contribution in [0.5, 0.6) is 5.75 Å². The van der Waals surface area contributed by atoms with Crippen molar-refractivity contribution in [3.63, 3.8) is 0 Å².